The fourth-order valence-electron chi connectivity index (χ4n) is 1.56. The lowest BCUT2D eigenvalue weighted by Crippen LogP contribution is -2.34. The van der Waals surface area contributed by atoms with Crippen LogP contribution in [0.2, 0.25) is 0 Å². The van der Waals surface area contributed by atoms with Gasteiger partial charge in [-0.25, -0.2) is 8.42 Å². The average Bonchev–Trinajstić information content (AvgIpc) is 2.38. The molecular formula is C12H19BrN2O3S. The highest BCUT2D eigenvalue weighted by molar-refractivity contribution is 9.10. The molecule has 7 heteroatoms. The number of nitrogens with zero attached hydrogens (tertiary/aromatic N) is 2. The Morgan fingerprint density at radius 2 is 2.11 bits per heavy atom. The molecule has 0 spiro atoms. The number of rotatable bonds is 8. The molecule has 1 aromatic rings. The monoisotopic (exact) mass is 350 g/mol. The summed E-state index contributed by atoms with van der Waals surface area (Å²) in [6.45, 7) is 5.18. The summed E-state index contributed by atoms with van der Waals surface area (Å²) in [4.78, 5) is 4.04. The van der Waals surface area contributed by atoms with E-state index in [-0.39, 0.29) is 5.75 Å². The van der Waals surface area contributed by atoms with Crippen LogP contribution in [-0.2, 0) is 21.3 Å². The number of ether oxygens (including phenoxy) is 1. The van der Waals surface area contributed by atoms with E-state index >= 15 is 0 Å². The molecule has 0 saturated carbocycles. The standard InChI is InChI=1S/C12H19BrN2O3S/c1-3-18-6-5-15(19(16,17)4-2)10-11-7-12(13)9-14-8-11/h7-9H,3-6,10H2,1-2H3. The molecule has 0 aliphatic heterocycles. The highest BCUT2D eigenvalue weighted by Gasteiger charge is 2.20. The molecule has 0 unspecified atom stereocenters. The SMILES string of the molecule is CCOCCN(Cc1cncc(Br)c1)S(=O)(=O)CC. The van der Waals surface area contributed by atoms with E-state index in [1.807, 2.05) is 13.0 Å². The van der Waals surface area contributed by atoms with Crippen molar-refractivity contribution in [2.24, 2.45) is 0 Å². The van der Waals surface area contributed by atoms with Crippen LogP contribution in [-0.4, -0.2) is 43.2 Å². The molecule has 1 rings (SSSR count). The van der Waals surface area contributed by atoms with Crippen LogP contribution in [0.1, 0.15) is 19.4 Å². The van der Waals surface area contributed by atoms with E-state index in [1.165, 1.54) is 4.31 Å². The Balaban J connectivity index is 2.79. The number of hydrogen-bond acceptors (Lipinski definition) is 4. The fraction of sp³-hybridized carbons (Fsp3) is 0.583. The third kappa shape index (κ3) is 5.56. The van der Waals surface area contributed by atoms with E-state index in [1.54, 1.807) is 19.3 Å². The average molecular weight is 351 g/mol. The molecule has 0 aliphatic rings. The predicted octanol–water partition coefficient (Wildman–Crippen LogP) is 2.03. The first-order chi connectivity index (χ1) is 8.99. The van der Waals surface area contributed by atoms with E-state index in [9.17, 15) is 8.42 Å². The van der Waals surface area contributed by atoms with Crippen LogP contribution in [0.4, 0.5) is 0 Å². The topological polar surface area (TPSA) is 59.5 Å². The van der Waals surface area contributed by atoms with Crippen molar-refractivity contribution in [1.82, 2.24) is 9.29 Å². The molecule has 1 aromatic heterocycles. The second-order valence-electron chi connectivity index (χ2n) is 3.94. The Morgan fingerprint density at radius 1 is 1.37 bits per heavy atom. The maximum atomic E-state index is 12.0. The van der Waals surface area contributed by atoms with Gasteiger partial charge in [-0.3, -0.25) is 4.98 Å². The minimum absolute atomic E-state index is 0.0839. The molecule has 0 atom stereocenters. The molecule has 0 bridgehead atoms. The van der Waals surface area contributed by atoms with E-state index in [2.05, 4.69) is 20.9 Å². The van der Waals surface area contributed by atoms with Crippen LogP contribution in [0.3, 0.4) is 0 Å². The number of aromatic nitrogens is 1. The van der Waals surface area contributed by atoms with Crippen molar-refractivity contribution in [3.05, 3.63) is 28.5 Å². The zero-order chi connectivity index (χ0) is 14.3. The van der Waals surface area contributed by atoms with Crippen LogP contribution in [0.5, 0.6) is 0 Å². The van der Waals surface area contributed by atoms with Crippen molar-refractivity contribution < 1.29 is 13.2 Å². The predicted molar refractivity (Wildman–Crippen MR) is 78.3 cm³/mol. The zero-order valence-electron chi connectivity index (χ0n) is 11.2. The van der Waals surface area contributed by atoms with Crippen LogP contribution in [0.25, 0.3) is 0 Å². The lowest BCUT2D eigenvalue weighted by Gasteiger charge is -2.21. The number of pyridine rings is 1. The molecule has 19 heavy (non-hydrogen) atoms. The van der Waals surface area contributed by atoms with Gasteiger partial charge in [0, 0.05) is 36.6 Å². The Hall–Kier alpha value is -0.500. The van der Waals surface area contributed by atoms with Gasteiger partial charge in [0.25, 0.3) is 0 Å². The first kappa shape index (κ1) is 16.6. The fourth-order valence-corrected chi connectivity index (χ4v) is 3.03. The van der Waals surface area contributed by atoms with Gasteiger partial charge >= 0.3 is 0 Å². The van der Waals surface area contributed by atoms with Crippen molar-refractivity contribution in [2.45, 2.75) is 20.4 Å². The summed E-state index contributed by atoms with van der Waals surface area (Å²) >= 11 is 3.33. The molecule has 0 N–H and O–H groups in total. The van der Waals surface area contributed by atoms with Crippen molar-refractivity contribution in [3.63, 3.8) is 0 Å². The number of hydrogen-bond donors (Lipinski definition) is 0. The Kier molecular flexibility index (Phi) is 6.92. The Labute approximate surface area is 123 Å². The number of halogens is 1. The van der Waals surface area contributed by atoms with Gasteiger partial charge in [-0.2, -0.15) is 4.31 Å². The van der Waals surface area contributed by atoms with Gasteiger partial charge in [0.2, 0.25) is 10.0 Å². The lowest BCUT2D eigenvalue weighted by atomic mass is 10.3. The van der Waals surface area contributed by atoms with Crippen molar-refractivity contribution in [3.8, 4) is 0 Å². The molecule has 0 saturated heterocycles. The summed E-state index contributed by atoms with van der Waals surface area (Å²) in [6.07, 6.45) is 3.34. The van der Waals surface area contributed by atoms with E-state index < -0.39 is 10.0 Å². The molecule has 0 radical (unpaired) electrons. The van der Waals surface area contributed by atoms with Crippen LogP contribution >= 0.6 is 15.9 Å². The van der Waals surface area contributed by atoms with Crippen LogP contribution < -0.4 is 0 Å². The lowest BCUT2D eigenvalue weighted by molar-refractivity contribution is 0.133. The smallest absolute Gasteiger partial charge is 0.214 e. The summed E-state index contributed by atoms with van der Waals surface area (Å²) in [6, 6.07) is 1.87. The Bertz CT molecular complexity index is 494. The maximum Gasteiger partial charge on any atom is 0.214 e. The summed E-state index contributed by atoms with van der Waals surface area (Å²) in [5.41, 5.74) is 0.850. The van der Waals surface area contributed by atoms with E-state index in [4.69, 9.17) is 4.74 Å². The van der Waals surface area contributed by atoms with Gasteiger partial charge in [-0.05, 0) is 41.4 Å². The number of sulfonamides is 1. The van der Waals surface area contributed by atoms with Crippen LogP contribution in [0, 0.1) is 0 Å². The molecule has 0 amide bonds. The molecular weight excluding hydrogens is 332 g/mol. The van der Waals surface area contributed by atoms with Gasteiger partial charge in [-0.1, -0.05) is 0 Å². The third-order valence-corrected chi connectivity index (χ3v) is 4.83. The summed E-state index contributed by atoms with van der Waals surface area (Å²) in [5.74, 6) is 0.0839. The van der Waals surface area contributed by atoms with Gasteiger partial charge in [0.15, 0.2) is 0 Å². The zero-order valence-corrected chi connectivity index (χ0v) is 13.6. The van der Waals surface area contributed by atoms with Gasteiger partial charge in [0.05, 0.1) is 12.4 Å². The molecule has 5 nitrogen and oxygen atoms in total. The highest BCUT2D eigenvalue weighted by atomic mass is 79.9. The van der Waals surface area contributed by atoms with Gasteiger partial charge in [-0.15, -0.1) is 0 Å². The van der Waals surface area contributed by atoms with Crippen LogP contribution in [0.15, 0.2) is 22.9 Å². The minimum Gasteiger partial charge on any atom is -0.380 e. The molecule has 0 fully saturated rings. The third-order valence-electron chi connectivity index (χ3n) is 2.57. The summed E-state index contributed by atoms with van der Waals surface area (Å²) < 4.78 is 31.5. The quantitative estimate of drug-likeness (QED) is 0.673. The van der Waals surface area contributed by atoms with E-state index in [0.717, 1.165) is 10.0 Å². The molecule has 0 aliphatic carbocycles. The maximum absolute atomic E-state index is 12.0. The normalized spacial score (nSPS) is 12.0. The largest absolute Gasteiger partial charge is 0.380 e. The van der Waals surface area contributed by atoms with E-state index in [0.29, 0.717) is 26.3 Å². The minimum atomic E-state index is -3.24. The first-order valence-corrected chi connectivity index (χ1v) is 8.54. The first-order valence-electron chi connectivity index (χ1n) is 6.14. The summed E-state index contributed by atoms with van der Waals surface area (Å²) in [7, 11) is -3.24. The molecule has 0 aromatic carbocycles. The second-order valence-corrected chi connectivity index (χ2v) is 7.12. The van der Waals surface area contributed by atoms with Gasteiger partial charge in [0.1, 0.15) is 0 Å². The van der Waals surface area contributed by atoms with Gasteiger partial charge < -0.3 is 4.74 Å². The Morgan fingerprint density at radius 3 is 2.68 bits per heavy atom. The molecule has 1 heterocycles. The van der Waals surface area contributed by atoms with Crippen molar-refractivity contribution >= 4 is 26.0 Å². The highest BCUT2D eigenvalue weighted by Crippen LogP contribution is 2.14. The molecule has 108 valence electrons. The second kappa shape index (κ2) is 7.94. The van der Waals surface area contributed by atoms with Crippen molar-refractivity contribution in [2.75, 3.05) is 25.5 Å². The van der Waals surface area contributed by atoms with Crippen molar-refractivity contribution in [1.29, 1.82) is 0 Å². The summed E-state index contributed by atoms with van der Waals surface area (Å²) in [5, 5.41) is 0.